The summed E-state index contributed by atoms with van der Waals surface area (Å²) >= 11 is 0. The summed E-state index contributed by atoms with van der Waals surface area (Å²) in [7, 11) is 0. The number of nitrogens with zero attached hydrogens (tertiary/aromatic N) is 4. The van der Waals surface area contributed by atoms with Gasteiger partial charge in [-0.25, -0.2) is 0 Å². The van der Waals surface area contributed by atoms with Gasteiger partial charge in [-0.2, -0.15) is 0 Å². The van der Waals surface area contributed by atoms with Crippen molar-refractivity contribution in [3.8, 4) is 0 Å². The lowest BCUT2D eigenvalue weighted by atomic mass is 9.95. The topological polar surface area (TPSA) is 63.1 Å². The molecule has 24 heavy (non-hydrogen) atoms. The highest BCUT2D eigenvalue weighted by molar-refractivity contribution is 5.79. The third-order valence-electron chi connectivity index (χ3n) is 5.63. The molecule has 0 unspecified atom stereocenters. The van der Waals surface area contributed by atoms with Gasteiger partial charge in [-0.1, -0.05) is 25.7 Å². The molecule has 1 saturated carbocycles. The number of piperidine rings is 1. The highest BCUT2D eigenvalue weighted by Gasteiger charge is 2.26. The summed E-state index contributed by atoms with van der Waals surface area (Å²) in [6, 6.07) is 0.426. The Labute approximate surface area is 145 Å². The summed E-state index contributed by atoms with van der Waals surface area (Å²) in [5, 5.41) is 11.3. The van der Waals surface area contributed by atoms with Crippen molar-refractivity contribution < 1.29 is 4.79 Å². The molecule has 1 aliphatic carbocycles. The van der Waals surface area contributed by atoms with Gasteiger partial charge in [0.15, 0.2) is 0 Å². The van der Waals surface area contributed by atoms with Gasteiger partial charge >= 0.3 is 0 Å². The first-order chi connectivity index (χ1) is 11.7. The van der Waals surface area contributed by atoms with Crippen LogP contribution in [-0.4, -0.2) is 51.2 Å². The molecule has 1 aliphatic heterocycles. The largest absolute Gasteiger partial charge is 0.353 e. The maximum absolute atomic E-state index is 12.5. The lowest BCUT2D eigenvalue weighted by molar-refractivity contribution is -0.127. The third-order valence-corrected chi connectivity index (χ3v) is 5.63. The van der Waals surface area contributed by atoms with Gasteiger partial charge in [-0.3, -0.25) is 4.79 Å². The Kier molecular flexibility index (Phi) is 6.24. The SMILES string of the molecule is Cc1nncn1CCN1CCC(C(=O)NC2CCCCCC2)CC1. The fourth-order valence-electron chi connectivity index (χ4n) is 3.94. The number of hydrogen-bond donors (Lipinski definition) is 1. The summed E-state index contributed by atoms with van der Waals surface area (Å²) in [6.07, 6.45) is 11.3. The van der Waals surface area contributed by atoms with Gasteiger partial charge in [0.1, 0.15) is 12.2 Å². The molecule has 2 aliphatic rings. The highest BCUT2D eigenvalue weighted by atomic mass is 16.1. The van der Waals surface area contributed by atoms with Crippen LogP contribution in [0.15, 0.2) is 6.33 Å². The monoisotopic (exact) mass is 333 g/mol. The van der Waals surface area contributed by atoms with Gasteiger partial charge in [0, 0.05) is 25.0 Å². The standard InChI is InChI=1S/C18H31N5O/c1-15-21-19-14-23(15)13-12-22-10-8-16(9-11-22)18(24)20-17-6-4-2-3-5-7-17/h14,16-17H,2-13H2,1H3,(H,20,24). The molecule has 1 amide bonds. The molecule has 2 heterocycles. The van der Waals surface area contributed by atoms with Gasteiger partial charge in [0.2, 0.25) is 5.91 Å². The molecular formula is C18H31N5O. The van der Waals surface area contributed by atoms with E-state index in [1.807, 2.05) is 6.92 Å². The lowest BCUT2D eigenvalue weighted by Crippen LogP contribution is -2.44. The number of carbonyl (C=O) groups excluding carboxylic acids is 1. The average molecular weight is 333 g/mol. The number of rotatable bonds is 5. The molecular weight excluding hydrogens is 302 g/mol. The van der Waals surface area contributed by atoms with Crippen molar-refractivity contribution in [3.63, 3.8) is 0 Å². The van der Waals surface area contributed by atoms with E-state index >= 15 is 0 Å². The average Bonchev–Trinajstić information content (AvgIpc) is 2.83. The Morgan fingerprint density at radius 1 is 1.12 bits per heavy atom. The van der Waals surface area contributed by atoms with E-state index < -0.39 is 0 Å². The molecule has 0 aromatic carbocycles. The molecule has 6 nitrogen and oxygen atoms in total. The molecule has 0 atom stereocenters. The van der Waals surface area contributed by atoms with Gasteiger partial charge in [0.05, 0.1) is 0 Å². The van der Waals surface area contributed by atoms with Crippen LogP contribution in [0.1, 0.15) is 57.2 Å². The Morgan fingerprint density at radius 3 is 2.46 bits per heavy atom. The molecule has 0 spiro atoms. The van der Waals surface area contributed by atoms with Crippen molar-refractivity contribution >= 4 is 5.91 Å². The van der Waals surface area contributed by atoms with Gasteiger partial charge < -0.3 is 14.8 Å². The van der Waals surface area contributed by atoms with Crippen LogP contribution in [-0.2, 0) is 11.3 Å². The summed E-state index contributed by atoms with van der Waals surface area (Å²) in [4.78, 5) is 15.0. The predicted octanol–water partition coefficient (Wildman–Crippen LogP) is 2.14. The van der Waals surface area contributed by atoms with Crippen molar-refractivity contribution in [2.24, 2.45) is 5.92 Å². The van der Waals surface area contributed by atoms with Crippen LogP contribution in [0.4, 0.5) is 0 Å². The van der Waals surface area contributed by atoms with Crippen LogP contribution in [0, 0.1) is 12.8 Å². The van der Waals surface area contributed by atoms with E-state index in [0.717, 1.165) is 44.8 Å². The first-order valence-corrected chi connectivity index (χ1v) is 9.59. The predicted molar refractivity (Wildman–Crippen MR) is 93.6 cm³/mol. The normalized spacial score (nSPS) is 21.5. The Morgan fingerprint density at radius 2 is 1.83 bits per heavy atom. The van der Waals surface area contributed by atoms with Crippen LogP contribution in [0.5, 0.6) is 0 Å². The van der Waals surface area contributed by atoms with Crippen molar-refractivity contribution in [1.82, 2.24) is 25.0 Å². The summed E-state index contributed by atoms with van der Waals surface area (Å²) < 4.78 is 2.09. The zero-order chi connectivity index (χ0) is 16.8. The zero-order valence-corrected chi connectivity index (χ0v) is 14.9. The van der Waals surface area contributed by atoms with Crippen LogP contribution < -0.4 is 5.32 Å². The molecule has 3 rings (SSSR count). The van der Waals surface area contributed by atoms with E-state index in [1.165, 1.54) is 38.5 Å². The molecule has 134 valence electrons. The van der Waals surface area contributed by atoms with Crippen LogP contribution in [0.25, 0.3) is 0 Å². The molecule has 2 fully saturated rings. The van der Waals surface area contributed by atoms with Gasteiger partial charge in [-0.05, 0) is 45.7 Å². The molecule has 0 radical (unpaired) electrons. The Hall–Kier alpha value is -1.43. The van der Waals surface area contributed by atoms with Crippen LogP contribution in [0.3, 0.4) is 0 Å². The fraction of sp³-hybridized carbons (Fsp3) is 0.833. The van der Waals surface area contributed by atoms with Crippen molar-refractivity contribution in [2.75, 3.05) is 19.6 Å². The van der Waals surface area contributed by atoms with E-state index in [-0.39, 0.29) is 5.92 Å². The summed E-state index contributed by atoms with van der Waals surface area (Å²) in [5.74, 6) is 1.48. The summed E-state index contributed by atoms with van der Waals surface area (Å²) in [6.45, 7) is 5.96. The van der Waals surface area contributed by atoms with E-state index in [1.54, 1.807) is 6.33 Å². The second kappa shape index (κ2) is 8.60. The van der Waals surface area contributed by atoms with Crippen LogP contribution in [0.2, 0.25) is 0 Å². The second-order valence-electron chi connectivity index (χ2n) is 7.38. The zero-order valence-electron chi connectivity index (χ0n) is 14.9. The quantitative estimate of drug-likeness (QED) is 0.839. The summed E-state index contributed by atoms with van der Waals surface area (Å²) in [5.41, 5.74) is 0. The van der Waals surface area contributed by atoms with E-state index in [0.29, 0.717) is 11.9 Å². The first-order valence-electron chi connectivity index (χ1n) is 9.59. The first kappa shape index (κ1) is 17.4. The minimum Gasteiger partial charge on any atom is -0.353 e. The van der Waals surface area contributed by atoms with Crippen LogP contribution >= 0.6 is 0 Å². The smallest absolute Gasteiger partial charge is 0.223 e. The lowest BCUT2D eigenvalue weighted by Gasteiger charge is -2.32. The van der Waals surface area contributed by atoms with Gasteiger partial charge in [0.25, 0.3) is 0 Å². The third kappa shape index (κ3) is 4.79. The van der Waals surface area contributed by atoms with Crippen molar-refractivity contribution in [1.29, 1.82) is 0 Å². The number of amides is 1. The van der Waals surface area contributed by atoms with Gasteiger partial charge in [-0.15, -0.1) is 10.2 Å². The Balaban J connectivity index is 1.38. The minimum atomic E-state index is 0.209. The number of carbonyl (C=O) groups is 1. The molecule has 1 aromatic heterocycles. The number of aromatic nitrogens is 3. The van der Waals surface area contributed by atoms with Crippen molar-refractivity contribution in [2.45, 2.75) is 70.9 Å². The maximum Gasteiger partial charge on any atom is 0.223 e. The number of nitrogens with one attached hydrogen (secondary N) is 1. The Bertz CT molecular complexity index is 513. The number of aryl methyl sites for hydroxylation is 1. The minimum absolute atomic E-state index is 0.209. The molecule has 1 aromatic rings. The molecule has 0 bridgehead atoms. The molecule has 1 saturated heterocycles. The van der Waals surface area contributed by atoms with E-state index in [4.69, 9.17) is 0 Å². The number of hydrogen-bond acceptors (Lipinski definition) is 4. The number of likely N-dealkylation sites (tertiary alicyclic amines) is 1. The highest BCUT2D eigenvalue weighted by Crippen LogP contribution is 2.21. The molecule has 1 N–H and O–H groups in total. The fourth-order valence-corrected chi connectivity index (χ4v) is 3.94. The second-order valence-corrected chi connectivity index (χ2v) is 7.38. The van der Waals surface area contributed by atoms with E-state index in [9.17, 15) is 4.79 Å². The van der Waals surface area contributed by atoms with Crippen molar-refractivity contribution in [3.05, 3.63) is 12.2 Å². The molecule has 6 heteroatoms. The maximum atomic E-state index is 12.5. The van der Waals surface area contributed by atoms with E-state index in [2.05, 4.69) is 25.0 Å².